The molecular formula is C16H19N3. The number of fused-ring (bicyclic) bond motifs is 1. The fourth-order valence-electron chi connectivity index (χ4n) is 2.94. The largest absolute Gasteiger partial charge is 0.398 e. The standard InChI is InChI=1S/C16H19N3/c1-19(13-7-9-18-10-8-13)14-5-6-15-12(11-14)3-2-4-16(15)17/h2-4,7-10,14H,5-6,11,17H2,1H3. The van der Waals surface area contributed by atoms with Crippen LogP contribution in [-0.2, 0) is 12.8 Å². The van der Waals surface area contributed by atoms with E-state index >= 15 is 0 Å². The van der Waals surface area contributed by atoms with Gasteiger partial charge in [-0.05, 0) is 48.6 Å². The molecule has 0 saturated carbocycles. The lowest BCUT2D eigenvalue weighted by Crippen LogP contribution is -2.36. The van der Waals surface area contributed by atoms with Gasteiger partial charge in [-0.25, -0.2) is 0 Å². The maximum Gasteiger partial charge on any atom is 0.0397 e. The number of nitrogens with zero attached hydrogens (tertiary/aromatic N) is 2. The van der Waals surface area contributed by atoms with Gasteiger partial charge in [0.1, 0.15) is 0 Å². The van der Waals surface area contributed by atoms with E-state index in [1.165, 1.54) is 16.8 Å². The fourth-order valence-corrected chi connectivity index (χ4v) is 2.94. The van der Waals surface area contributed by atoms with Gasteiger partial charge in [0, 0.05) is 36.9 Å². The predicted molar refractivity (Wildman–Crippen MR) is 79.3 cm³/mol. The van der Waals surface area contributed by atoms with Gasteiger partial charge in [0.15, 0.2) is 0 Å². The molecule has 1 heterocycles. The van der Waals surface area contributed by atoms with Gasteiger partial charge in [0.25, 0.3) is 0 Å². The summed E-state index contributed by atoms with van der Waals surface area (Å²) in [6, 6.07) is 10.9. The zero-order valence-corrected chi connectivity index (χ0v) is 11.2. The summed E-state index contributed by atoms with van der Waals surface area (Å²) in [4.78, 5) is 6.43. The van der Waals surface area contributed by atoms with E-state index in [1.807, 2.05) is 18.5 Å². The van der Waals surface area contributed by atoms with E-state index in [1.54, 1.807) is 0 Å². The third kappa shape index (κ3) is 2.28. The van der Waals surface area contributed by atoms with Crippen LogP contribution in [0.1, 0.15) is 17.5 Å². The maximum absolute atomic E-state index is 6.05. The summed E-state index contributed by atoms with van der Waals surface area (Å²) >= 11 is 0. The van der Waals surface area contributed by atoms with Gasteiger partial charge in [-0.3, -0.25) is 4.98 Å². The smallest absolute Gasteiger partial charge is 0.0397 e. The van der Waals surface area contributed by atoms with Crippen LogP contribution in [0.2, 0.25) is 0 Å². The first-order chi connectivity index (χ1) is 9.25. The van der Waals surface area contributed by atoms with Crippen LogP contribution >= 0.6 is 0 Å². The molecule has 1 aliphatic rings. The van der Waals surface area contributed by atoms with Crippen LogP contribution in [0.15, 0.2) is 42.7 Å². The maximum atomic E-state index is 6.05. The van der Waals surface area contributed by atoms with Crippen molar-refractivity contribution in [3.05, 3.63) is 53.9 Å². The predicted octanol–water partition coefficient (Wildman–Crippen LogP) is 2.66. The molecule has 1 aromatic carbocycles. The molecule has 2 N–H and O–H groups in total. The summed E-state index contributed by atoms with van der Waals surface area (Å²) in [5, 5.41) is 0. The highest BCUT2D eigenvalue weighted by Crippen LogP contribution is 2.29. The van der Waals surface area contributed by atoms with E-state index in [9.17, 15) is 0 Å². The highest BCUT2D eigenvalue weighted by Gasteiger charge is 2.23. The molecule has 0 amide bonds. The Morgan fingerprint density at radius 2 is 2.00 bits per heavy atom. The van der Waals surface area contributed by atoms with Crippen LogP contribution in [0.25, 0.3) is 0 Å². The molecule has 98 valence electrons. The van der Waals surface area contributed by atoms with Crippen molar-refractivity contribution in [1.29, 1.82) is 0 Å². The lowest BCUT2D eigenvalue weighted by atomic mass is 9.86. The number of nitrogens with two attached hydrogens (primary N) is 1. The van der Waals surface area contributed by atoms with Crippen molar-refractivity contribution >= 4 is 11.4 Å². The topological polar surface area (TPSA) is 42.2 Å². The second-order valence-electron chi connectivity index (χ2n) is 5.20. The second kappa shape index (κ2) is 4.92. The Morgan fingerprint density at radius 1 is 1.21 bits per heavy atom. The molecule has 3 nitrogen and oxygen atoms in total. The molecule has 0 spiro atoms. The second-order valence-corrected chi connectivity index (χ2v) is 5.20. The number of rotatable bonds is 2. The van der Waals surface area contributed by atoms with Crippen molar-refractivity contribution in [3.8, 4) is 0 Å². The molecule has 3 heteroatoms. The molecule has 0 radical (unpaired) electrons. The molecule has 0 fully saturated rings. The first-order valence-electron chi connectivity index (χ1n) is 6.75. The molecule has 0 aliphatic heterocycles. The first kappa shape index (κ1) is 12.0. The van der Waals surface area contributed by atoms with Crippen LogP contribution < -0.4 is 10.6 Å². The highest BCUT2D eigenvalue weighted by molar-refractivity contribution is 5.53. The minimum Gasteiger partial charge on any atom is -0.398 e. The molecule has 3 rings (SSSR count). The van der Waals surface area contributed by atoms with Crippen LogP contribution in [0.5, 0.6) is 0 Å². The van der Waals surface area contributed by atoms with Gasteiger partial charge in [-0.1, -0.05) is 12.1 Å². The molecule has 1 unspecified atom stereocenters. The lowest BCUT2D eigenvalue weighted by molar-refractivity contribution is 0.549. The number of hydrogen-bond acceptors (Lipinski definition) is 3. The van der Waals surface area contributed by atoms with Crippen molar-refractivity contribution in [1.82, 2.24) is 4.98 Å². The SMILES string of the molecule is CN(c1ccncc1)C1CCc2c(N)cccc2C1. The van der Waals surface area contributed by atoms with E-state index < -0.39 is 0 Å². The fraction of sp³-hybridized carbons (Fsp3) is 0.312. The third-order valence-corrected chi connectivity index (χ3v) is 4.11. The van der Waals surface area contributed by atoms with Crippen molar-refractivity contribution < 1.29 is 0 Å². The summed E-state index contributed by atoms with van der Waals surface area (Å²) in [5.74, 6) is 0. The summed E-state index contributed by atoms with van der Waals surface area (Å²) in [5.41, 5.74) is 11.0. The van der Waals surface area contributed by atoms with E-state index in [2.05, 4.69) is 41.2 Å². The van der Waals surface area contributed by atoms with Crippen LogP contribution in [0.4, 0.5) is 11.4 Å². The van der Waals surface area contributed by atoms with Gasteiger partial charge >= 0.3 is 0 Å². The van der Waals surface area contributed by atoms with Gasteiger partial charge in [0.05, 0.1) is 0 Å². The Kier molecular flexibility index (Phi) is 3.11. The number of aromatic nitrogens is 1. The Balaban J connectivity index is 1.83. The van der Waals surface area contributed by atoms with Crippen molar-refractivity contribution in [2.24, 2.45) is 0 Å². The average Bonchev–Trinajstić information content (AvgIpc) is 2.47. The minimum absolute atomic E-state index is 0.539. The van der Waals surface area contributed by atoms with Crippen LogP contribution in [-0.4, -0.2) is 18.1 Å². The Labute approximate surface area is 114 Å². The van der Waals surface area contributed by atoms with Gasteiger partial charge in [0.2, 0.25) is 0 Å². The highest BCUT2D eigenvalue weighted by atomic mass is 15.1. The van der Waals surface area contributed by atoms with E-state index in [0.29, 0.717) is 6.04 Å². The summed E-state index contributed by atoms with van der Waals surface area (Å²) in [7, 11) is 2.16. The van der Waals surface area contributed by atoms with Gasteiger partial charge < -0.3 is 10.6 Å². The number of benzene rings is 1. The minimum atomic E-state index is 0.539. The van der Waals surface area contributed by atoms with Gasteiger partial charge in [-0.2, -0.15) is 0 Å². The van der Waals surface area contributed by atoms with Crippen LogP contribution in [0, 0.1) is 0 Å². The molecule has 19 heavy (non-hydrogen) atoms. The van der Waals surface area contributed by atoms with Crippen molar-refractivity contribution in [2.45, 2.75) is 25.3 Å². The quantitative estimate of drug-likeness (QED) is 0.837. The molecule has 0 saturated heterocycles. The number of nitrogen functional groups attached to an aromatic ring is 1. The van der Waals surface area contributed by atoms with Crippen LogP contribution in [0.3, 0.4) is 0 Å². The Morgan fingerprint density at radius 3 is 2.79 bits per heavy atom. The zero-order valence-electron chi connectivity index (χ0n) is 11.2. The van der Waals surface area contributed by atoms with Gasteiger partial charge in [-0.15, -0.1) is 0 Å². The number of likely N-dealkylation sites (N-methyl/N-ethyl adjacent to an activating group) is 1. The molecule has 1 aliphatic carbocycles. The first-order valence-corrected chi connectivity index (χ1v) is 6.75. The third-order valence-electron chi connectivity index (χ3n) is 4.11. The molecule has 0 bridgehead atoms. The monoisotopic (exact) mass is 253 g/mol. The Bertz CT molecular complexity index is 565. The Hall–Kier alpha value is -2.03. The molecule has 1 atom stereocenters. The summed E-state index contributed by atoms with van der Waals surface area (Å²) in [6.45, 7) is 0. The van der Waals surface area contributed by atoms with Crippen molar-refractivity contribution in [2.75, 3.05) is 17.7 Å². The molecular weight excluding hydrogens is 234 g/mol. The zero-order chi connectivity index (χ0) is 13.2. The van der Waals surface area contributed by atoms with Crippen molar-refractivity contribution in [3.63, 3.8) is 0 Å². The normalized spacial score (nSPS) is 17.8. The molecule has 2 aromatic rings. The van der Waals surface area contributed by atoms with E-state index in [-0.39, 0.29) is 0 Å². The van der Waals surface area contributed by atoms with E-state index in [0.717, 1.165) is 24.9 Å². The number of anilines is 2. The summed E-state index contributed by atoms with van der Waals surface area (Å²) < 4.78 is 0. The number of pyridine rings is 1. The van der Waals surface area contributed by atoms with E-state index in [4.69, 9.17) is 5.73 Å². The lowest BCUT2D eigenvalue weighted by Gasteiger charge is -2.34. The summed E-state index contributed by atoms with van der Waals surface area (Å²) in [6.07, 6.45) is 6.99. The average molecular weight is 253 g/mol. The number of hydrogen-bond donors (Lipinski definition) is 1. The molecule has 1 aromatic heterocycles.